The third-order valence-corrected chi connectivity index (χ3v) is 2.55. The average molecular weight is 250 g/mol. The minimum absolute atomic E-state index is 0.0826. The molecule has 0 heterocycles. The van der Waals surface area contributed by atoms with Crippen molar-refractivity contribution in [2.45, 2.75) is 39.0 Å². The van der Waals surface area contributed by atoms with Gasteiger partial charge in [0.05, 0.1) is 13.2 Å². The van der Waals surface area contributed by atoms with E-state index in [0.717, 1.165) is 31.4 Å². The SMILES string of the molecule is CCCCC(=O)OCCCCOc1ccccc1. The van der Waals surface area contributed by atoms with Crippen molar-refractivity contribution in [2.75, 3.05) is 13.2 Å². The summed E-state index contributed by atoms with van der Waals surface area (Å²) in [6.07, 6.45) is 4.23. The van der Waals surface area contributed by atoms with Gasteiger partial charge in [-0.3, -0.25) is 4.79 Å². The van der Waals surface area contributed by atoms with Crippen LogP contribution in [0.2, 0.25) is 0 Å². The molecule has 1 aromatic carbocycles. The minimum Gasteiger partial charge on any atom is -0.494 e. The zero-order chi connectivity index (χ0) is 13.1. The van der Waals surface area contributed by atoms with Crippen molar-refractivity contribution < 1.29 is 14.3 Å². The quantitative estimate of drug-likeness (QED) is 0.496. The summed E-state index contributed by atoms with van der Waals surface area (Å²) >= 11 is 0. The van der Waals surface area contributed by atoms with Crippen molar-refractivity contribution >= 4 is 5.97 Å². The van der Waals surface area contributed by atoms with Crippen LogP contribution >= 0.6 is 0 Å². The fraction of sp³-hybridized carbons (Fsp3) is 0.533. The largest absolute Gasteiger partial charge is 0.494 e. The first kappa shape index (κ1) is 14.6. The van der Waals surface area contributed by atoms with E-state index in [1.165, 1.54) is 0 Å². The molecule has 0 aliphatic rings. The van der Waals surface area contributed by atoms with Crippen molar-refractivity contribution in [1.29, 1.82) is 0 Å². The molecule has 0 saturated heterocycles. The zero-order valence-corrected chi connectivity index (χ0v) is 11.1. The van der Waals surface area contributed by atoms with E-state index < -0.39 is 0 Å². The molecule has 0 radical (unpaired) electrons. The molecule has 0 spiro atoms. The molecule has 0 unspecified atom stereocenters. The molecule has 0 atom stereocenters. The molecular formula is C15H22O3. The molecule has 18 heavy (non-hydrogen) atoms. The van der Waals surface area contributed by atoms with Gasteiger partial charge in [-0.15, -0.1) is 0 Å². The number of benzene rings is 1. The van der Waals surface area contributed by atoms with Crippen LogP contribution in [0.1, 0.15) is 39.0 Å². The van der Waals surface area contributed by atoms with Gasteiger partial charge in [-0.25, -0.2) is 0 Å². The van der Waals surface area contributed by atoms with Gasteiger partial charge >= 0.3 is 5.97 Å². The van der Waals surface area contributed by atoms with Crippen molar-refractivity contribution in [2.24, 2.45) is 0 Å². The van der Waals surface area contributed by atoms with Crippen LogP contribution in [0.4, 0.5) is 0 Å². The number of para-hydroxylation sites is 1. The topological polar surface area (TPSA) is 35.5 Å². The average Bonchev–Trinajstić information content (AvgIpc) is 2.41. The molecule has 1 rings (SSSR count). The second-order valence-electron chi connectivity index (χ2n) is 4.19. The fourth-order valence-corrected chi connectivity index (χ4v) is 1.49. The van der Waals surface area contributed by atoms with E-state index in [2.05, 4.69) is 6.92 Å². The third kappa shape index (κ3) is 6.94. The standard InChI is InChI=1S/C15H22O3/c1-2-3-11-15(16)18-13-8-7-12-17-14-9-5-4-6-10-14/h4-6,9-10H,2-3,7-8,11-13H2,1H3. The molecule has 100 valence electrons. The van der Waals surface area contributed by atoms with Gasteiger partial charge in [0.15, 0.2) is 0 Å². The number of carbonyl (C=O) groups excluding carboxylic acids is 1. The Morgan fingerprint density at radius 3 is 2.50 bits per heavy atom. The second kappa shape index (κ2) is 9.51. The normalized spacial score (nSPS) is 10.1. The highest BCUT2D eigenvalue weighted by Crippen LogP contribution is 2.08. The maximum atomic E-state index is 11.2. The van der Waals surface area contributed by atoms with Gasteiger partial charge in [-0.2, -0.15) is 0 Å². The molecule has 0 fully saturated rings. The number of carbonyl (C=O) groups is 1. The first-order valence-corrected chi connectivity index (χ1v) is 6.66. The highest BCUT2D eigenvalue weighted by Gasteiger charge is 2.01. The summed E-state index contributed by atoms with van der Waals surface area (Å²) in [5.74, 6) is 0.804. The van der Waals surface area contributed by atoms with Gasteiger partial charge < -0.3 is 9.47 Å². The van der Waals surface area contributed by atoms with Crippen LogP contribution in [-0.2, 0) is 9.53 Å². The summed E-state index contributed by atoms with van der Waals surface area (Å²) in [5, 5.41) is 0. The summed E-state index contributed by atoms with van der Waals surface area (Å²) in [7, 11) is 0. The van der Waals surface area contributed by atoms with E-state index in [-0.39, 0.29) is 5.97 Å². The predicted octanol–water partition coefficient (Wildman–Crippen LogP) is 3.58. The van der Waals surface area contributed by atoms with E-state index >= 15 is 0 Å². The summed E-state index contributed by atoms with van der Waals surface area (Å²) in [6, 6.07) is 9.73. The number of ether oxygens (including phenoxy) is 2. The molecule has 0 bridgehead atoms. The van der Waals surface area contributed by atoms with Crippen LogP contribution < -0.4 is 4.74 Å². The Hall–Kier alpha value is -1.51. The van der Waals surface area contributed by atoms with Crippen LogP contribution in [0.15, 0.2) is 30.3 Å². The molecule has 0 aromatic heterocycles. The van der Waals surface area contributed by atoms with Crippen LogP contribution in [0.3, 0.4) is 0 Å². The van der Waals surface area contributed by atoms with Gasteiger partial charge in [0.25, 0.3) is 0 Å². The van der Waals surface area contributed by atoms with Crippen LogP contribution in [0, 0.1) is 0 Å². The summed E-state index contributed by atoms with van der Waals surface area (Å²) in [4.78, 5) is 11.2. The van der Waals surface area contributed by atoms with E-state index in [1.807, 2.05) is 30.3 Å². The Kier molecular flexibility index (Phi) is 7.69. The molecule has 0 amide bonds. The van der Waals surface area contributed by atoms with Gasteiger partial charge in [0.2, 0.25) is 0 Å². The lowest BCUT2D eigenvalue weighted by Gasteiger charge is -2.06. The summed E-state index contributed by atoms with van der Waals surface area (Å²) < 4.78 is 10.6. The molecule has 0 saturated carbocycles. The Balaban J connectivity index is 1.94. The van der Waals surface area contributed by atoms with E-state index in [9.17, 15) is 4.79 Å². The number of esters is 1. The lowest BCUT2D eigenvalue weighted by atomic mass is 10.2. The predicted molar refractivity (Wildman–Crippen MR) is 71.7 cm³/mol. The molecule has 3 heteroatoms. The highest BCUT2D eigenvalue weighted by atomic mass is 16.5. The summed E-state index contributed by atoms with van der Waals surface area (Å²) in [5.41, 5.74) is 0. The van der Waals surface area contributed by atoms with Crippen molar-refractivity contribution in [3.8, 4) is 5.75 Å². The van der Waals surface area contributed by atoms with E-state index in [0.29, 0.717) is 19.6 Å². The van der Waals surface area contributed by atoms with Gasteiger partial charge in [0, 0.05) is 6.42 Å². The first-order valence-electron chi connectivity index (χ1n) is 6.66. The number of rotatable bonds is 9. The highest BCUT2D eigenvalue weighted by molar-refractivity contribution is 5.69. The maximum Gasteiger partial charge on any atom is 0.305 e. The maximum absolute atomic E-state index is 11.2. The fourth-order valence-electron chi connectivity index (χ4n) is 1.49. The second-order valence-corrected chi connectivity index (χ2v) is 4.19. The molecule has 0 aliphatic heterocycles. The van der Waals surface area contributed by atoms with Crippen LogP contribution in [0.25, 0.3) is 0 Å². The molecule has 0 aliphatic carbocycles. The lowest BCUT2D eigenvalue weighted by molar-refractivity contribution is -0.143. The zero-order valence-electron chi connectivity index (χ0n) is 11.1. The Bertz CT molecular complexity index is 322. The monoisotopic (exact) mass is 250 g/mol. The lowest BCUT2D eigenvalue weighted by Crippen LogP contribution is -2.06. The van der Waals surface area contributed by atoms with Gasteiger partial charge in [0.1, 0.15) is 5.75 Å². The van der Waals surface area contributed by atoms with Crippen molar-refractivity contribution in [3.63, 3.8) is 0 Å². The molecular weight excluding hydrogens is 228 g/mol. The Morgan fingerprint density at radius 1 is 1.06 bits per heavy atom. The third-order valence-electron chi connectivity index (χ3n) is 2.55. The van der Waals surface area contributed by atoms with Gasteiger partial charge in [-0.05, 0) is 31.4 Å². The number of unbranched alkanes of at least 4 members (excludes halogenated alkanes) is 2. The van der Waals surface area contributed by atoms with Crippen molar-refractivity contribution in [3.05, 3.63) is 30.3 Å². The van der Waals surface area contributed by atoms with Crippen molar-refractivity contribution in [1.82, 2.24) is 0 Å². The van der Waals surface area contributed by atoms with E-state index in [1.54, 1.807) is 0 Å². The molecule has 0 N–H and O–H groups in total. The summed E-state index contributed by atoms with van der Waals surface area (Å²) in [6.45, 7) is 3.23. The first-order chi connectivity index (χ1) is 8.83. The molecule has 1 aromatic rings. The number of hydrogen-bond donors (Lipinski definition) is 0. The Labute approximate surface area is 109 Å². The minimum atomic E-state index is -0.0826. The van der Waals surface area contributed by atoms with Gasteiger partial charge in [-0.1, -0.05) is 31.5 Å². The smallest absolute Gasteiger partial charge is 0.305 e. The van der Waals surface area contributed by atoms with Crippen LogP contribution in [0.5, 0.6) is 5.75 Å². The number of hydrogen-bond acceptors (Lipinski definition) is 3. The van der Waals surface area contributed by atoms with E-state index in [4.69, 9.17) is 9.47 Å². The van der Waals surface area contributed by atoms with Crippen LogP contribution in [-0.4, -0.2) is 19.2 Å². The Morgan fingerprint density at radius 2 is 1.78 bits per heavy atom. The molecule has 3 nitrogen and oxygen atoms in total.